The average Bonchev–Trinajstić information content (AvgIpc) is 2.59. The van der Waals surface area contributed by atoms with Gasteiger partial charge in [-0.2, -0.15) is 0 Å². The van der Waals surface area contributed by atoms with Crippen molar-refractivity contribution in [3.63, 3.8) is 0 Å². The summed E-state index contributed by atoms with van der Waals surface area (Å²) in [5.74, 6) is 1.36. The van der Waals surface area contributed by atoms with Crippen LogP contribution in [0.3, 0.4) is 0 Å². The first-order chi connectivity index (χ1) is 11.2. The fraction of sp³-hybridized carbons (Fsp3) is 0.278. The Labute approximate surface area is 159 Å². The Morgan fingerprint density at radius 1 is 1.08 bits per heavy atom. The Bertz CT molecular complexity index is 647. The fourth-order valence-electron chi connectivity index (χ4n) is 2.17. The van der Waals surface area contributed by atoms with Gasteiger partial charge >= 0.3 is 0 Å². The van der Waals surface area contributed by atoms with E-state index in [0.717, 1.165) is 35.8 Å². The van der Waals surface area contributed by atoms with Crippen LogP contribution in [0.2, 0.25) is 0 Å². The number of ether oxygens (including phenoxy) is 1. The van der Waals surface area contributed by atoms with Crippen LogP contribution in [-0.2, 0) is 13.0 Å². The molecule has 0 saturated carbocycles. The first-order valence-electron chi connectivity index (χ1n) is 7.53. The summed E-state index contributed by atoms with van der Waals surface area (Å²) in [7, 11) is 3.39. The van der Waals surface area contributed by atoms with Crippen LogP contribution in [0.25, 0.3) is 0 Å². The van der Waals surface area contributed by atoms with Gasteiger partial charge in [0, 0.05) is 20.1 Å². The van der Waals surface area contributed by atoms with Crippen LogP contribution in [0, 0.1) is 5.82 Å². The van der Waals surface area contributed by atoms with Gasteiger partial charge in [0.2, 0.25) is 0 Å². The molecule has 24 heavy (non-hydrogen) atoms. The molecule has 6 heteroatoms. The van der Waals surface area contributed by atoms with Crippen molar-refractivity contribution >= 4 is 29.9 Å². The molecule has 0 saturated heterocycles. The zero-order valence-electron chi connectivity index (χ0n) is 13.9. The average molecular weight is 443 g/mol. The molecule has 0 atom stereocenters. The van der Waals surface area contributed by atoms with Gasteiger partial charge in [0.05, 0.1) is 7.11 Å². The zero-order chi connectivity index (χ0) is 16.5. The van der Waals surface area contributed by atoms with Crippen molar-refractivity contribution in [2.45, 2.75) is 13.0 Å². The third-order valence-corrected chi connectivity index (χ3v) is 3.44. The van der Waals surface area contributed by atoms with E-state index in [-0.39, 0.29) is 29.8 Å². The topological polar surface area (TPSA) is 45.7 Å². The molecule has 0 bridgehead atoms. The number of halogens is 2. The Morgan fingerprint density at radius 2 is 1.83 bits per heavy atom. The lowest BCUT2D eigenvalue weighted by Gasteiger charge is -2.12. The predicted molar refractivity (Wildman–Crippen MR) is 107 cm³/mol. The summed E-state index contributed by atoms with van der Waals surface area (Å²) in [5.41, 5.74) is 2.20. The van der Waals surface area contributed by atoms with E-state index in [9.17, 15) is 4.39 Å². The van der Waals surface area contributed by atoms with E-state index < -0.39 is 0 Å². The molecule has 0 unspecified atom stereocenters. The Balaban J connectivity index is 0.00000288. The number of benzene rings is 2. The van der Waals surface area contributed by atoms with E-state index >= 15 is 0 Å². The molecule has 0 fully saturated rings. The van der Waals surface area contributed by atoms with Gasteiger partial charge in [-0.15, -0.1) is 24.0 Å². The number of hydrogen-bond acceptors (Lipinski definition) is 2. The van der Waals surface area contributed by atoms with Crippen molar-refractivity contribution in [1.82, 2.24) is 10.6 Å². The molecule has 0 aliphatic carbocycles. The highest BCUT2D eigenvalue weighted by Crippen LogP contribution is 2.12. The number of aliphatic imine (C=N–C) groups is 1. The lowest BCUT2D eigenvalue weighted by Crippen LogP contribution is -2.37. The van der Waals surface area contributed by atoms with Crippen molar-refractivity contribution in [3.05, 3.63) is 65.5 Å². The first-order valence-corrected chi connectivity index (χ1v) is 7.53. The maximum absolute atomic E-state index is 12.9. The van der Waals surface area contributed by atoms with Gasteiger partial charge in [-0.1, -0.05) is 24.3 Å². The van der Waals surface area contributed by atoms with E-state index in [1.54, 1.807) is 26.3 Å². The SMILES string of the molecule is CN=C(NCCc1ccc(F)cc1)NCc1cccc(OC)c1.I. The predicted octanol–water partition coefficient (Wildman–Crippen LogP) is 3.36. The molecule has 0 amide bonds. The second-order valence-electron chi connectivity index (χ2n) is 5.08. The van der Waals surface area contributed by atoms with Crippen molar-refractivity contribution in [2.24, 2.45) is 4.99 Å². The van der Waals surface area contributed by atoms with Crippen LogP contribution in [0.4, 0.5) is 4.39 Å². The van der Waals surface area contributed by atoms with E-state index in [1.165, 1.54) is 12.1 Å². The van der Waals surface area contributed by atoms with Gasteiger partial charge < -0.3 is 15.4 Å². The summed E-state index contributed by atoms with van der Waals surface area (Å²) in [6, 6.07) is 14.4. The Morgan fingerprint density at radius 3 is 2.50 bits per heavy atom. The van der Waals surface area contributed by atoms with Crippen LogP contribution in [0.1, 0.15) is 11.1 Å². The number of guanidine groups is 1. The smallest absolute Gasteiger partial charge is 0.191 e. The summed E-state index contributed by atoms with van der Waals surface area (Å²) >= 11 is 0. The van der Waals surface area contributed by atoms with Crippen molar-refractivity contribution in [1.29, 1.82) is 0 Å². The molecule has 0 aliphatic heterocycles. The lowest BCUT2D eigenvalue weighted by atomic mass is 10.1. The summed E-state index contributed by atoms with van der Waals surface area (Å²) in [4.78, 5) is 4.19. The molecule has 0 aromatic heterocycles. The quantitative estimate of drug-likeness (QED) is 0.409. The molecule has 2 rings (SSSR count). The number of rotatable bonds is 6. The number of nitrogens with one attached hydrogen (secondary N) is 2. The molecule has 130 valence electrons. The minimum Gasteiger partial charge on any atom is -0.497 e. The molecule has 4 nitrogen and oxygen atoms in total. The number of hydrogen-bond donors (Lipinski definition) is 2. The van der Waals surface area contributed by atoms with Crippen LogP contribution >= 0.6 is 24.0 Å². The molecule has 2 N–H and O–H groups in total. The Kier molecular flexibility index (Phi) is 9.14. The summed E-state index contributed by atoms with van der Waals surface area (Å²) in [5, 5.41) is 6.50. The summed E-state index contributed by atoms with van der Waals surface area (Å²) in [6.45, 7) is 1.39. The minimum absolute atomic E-state index is 0. The van der Waals surface area contributed by atoms with Crippen molar-refractivity contribution in [2.75, 3.05) is 20.7 Å². The summed E-state index contributed by atoms with van der Waals surface area (Å²) < 4.78 is 18.1. The lowest BCUT2D eigenvalue weighted by molar-refractivity contribution is 0.414. The van der Waals surface area contributed by atoms with Gasteiger partial charge in [-0.3, -0.25) is 4.99 Å². The second-order valence-corrected chi connectivity index (χ2v) is 5.08. The fourth-order valence-corrected chi connectivity index (χ4v) is 2.17. The van der Waals surface area contributed by atoms with Crippen LogP contribution in [0.5, 0.6) is 5.75 Å². The molecule has 0 radical (unpaired) electrons. The second kappa shape index (κ2) is 10.9. The summed E-state index contributed by atoms with van der Waals surface area (Å²) in [6.07, 6.45) is 0.806. The zero-order valence-corrected chi connectivity index (χ0v) is 16.2. The number of nitrogens with zero attached hydrogens (tertiary/aromatic N) is 1. The third kappa shape index (κ3) is 6.74. The van der Waals surface area contributed by atoms with Gasteiger partial charge in [0.1, 0.15) is 11.6 Å². The molecule has 2 aromatic carbocycles. The van der Waals surface area contributed by atoms with Crippen LogP contribution in [-0.4, -0.2) is 26.7 Å². The van der Waals surface area contributed by atoms with E-state index in [4.69, 9.17) is 4.74 Å². The van der Waals surface area contributed by atoms with Gasteiger partial charge in [0.15, 0.2) is 5.96 Å². The molecule has 2 aromatic rings. The maximum Gasteiger partial charge on any atom is 0.191 e. The van der Waals surface area contributed by atoms with Gasteiger partial charge in [-0.25, -0.2) is 4.39 Å². The van der Waals surface area contributed by atoms with Crippen molar-refractivity contribution in [3.8, 4) is 5.75 Å². The number of methoxy groups -OCH3 is 1. The normalized spacial score (nSPS) is 10.7. The van der Waals surface area contributed by atoms with Gasteiger partial charge in [0.25, 0.3) is 0 Å². The molecule has 0 heterocycles. The Hall–Kier alpha value is -1.83. The molecule has 0 spiro atoms. The van der Waals surface area contributed by atoms with E-state index in [1.807, 2.05) is 24.3 Å². The maximum atomic E-state index is 12.9. The standard InChI is InChI=1S/C18H22FN3O.HI/c1-20-18(21-11-10-14-6-8-16(19)9-7-14)22-13-15-4-3-5-17(12-15)23-2;/h3-9,12H,10-11,13H2,1-2H3,(H2,20,21,22);1H. The van der Waals surface area contributed by atoms with Crippen LogP contribution < -0.4 is 15.4 Å². The first kappa shape index (κ1) is 20.2. The van der Waals surface area contributed by atoms with E-state index in [2.05, 4.69) is 15.6 Å². The monoisotopic (exact) mass is 443 g/mol. The highest BCUT2D eigenvalue weighted by Gasteiger charge is 2.00. The van der Waals surface area contributed by atoms with Gasteiger partial charge in [-0.05, 0) is 41.8 Å². The van der Waals surface area contributed by atoms with Crippen LogP contribution in [0.15, 0.2) is 53.5 Å². The largest absolute Gasteiger partial charge is 0.497 e. The highest BCUT2D eigenvalue weighted by molar-refractivity contribution is 14.0. The highest BCUT2D eigenvalue weighted by atomic mass is 127. The molecule has 0 aliphatic rings. The van der Waals surface area contributed by atoms with E-state index in [0.29, 0.717) is 6.54 Å². The minimum atomic E-state index is -0.211. The third-order valence-electron chi connectivity index (χ3n) is 3.44. The molecular weight excluding hydrogens is 420 g/mol. The van der Waals surface area contributed by atoms with Crippen molar-refractivity contribution < 1.29 is 9.13 Å². The molecular formula is C18H23FIN3O.